The summed E-state index contributed by atoms with van der Waals surface area (Å²) in [5.74, 6) is -1.18. The second-order valence-corrected chi connectivity index (χ2v) is 8.93. The topological polar surface area (TPSA) is 96.4 Å². The molecule has 20 heavy (non-hydrogen) atoms. The first-order valence-electron chi connectivity index (χ1n) is 4.96. The van der Waals surface area contributed by atoms with Crippen LogP contribution in [0, 0.1) is 0 Å². The number of thiophene rings is 1. The van der Waals surface area contributed by atoms with Crippen LogP contribution in [0.5, 0.6) is 0 Å². The van der Waals surface area contributed by atoms with Gasteiger partial charge in [0.05, 0.1) is 19.5 Å². The first-order valence-corrected chi connectivity index (χ1v) is 8.85. The van der Waals surface area contributed by atoms with E-state index >= 15 is 0 Å². The van der Waals surface area contributed by atoms with Gasteiger partial charge in [0, 0.05) is 0 Å². The largest absolute Gasteiger partial charge is 0.477 e. The highest BCUT2D eigenvalue weighted by atomic mass is 79.9. The van der Waals surface area contributed by atoms with Gasteiger partial charge in [0.15, 0.2) is 0 Å². The first-order chi connectivity index (χ1) is 9.29. The predicted molar refractivity (Wildman–Crippen MR) is 81.7 cm³/mol. The minimum Gasteiger partial charge on any atom is -0.477 e. The molecule has 0 bridgehead atoms. The van der Waals surface area contributed by atoms with Crippen molar-refractivity contribution in [3.05, 3.63) is 37.7 Å². The van der Waals surface area contributed by atoms with Crippen LogP contribution in [0.25, 0.3) is 0 Å². The monoisotopic (exact) mass is 440 g/mol. The molecule has 0 aliphatic rings. The lowest BCUT2D eigenvalue weighted by Gasteiger charge is -2.06. The smallest absolute Gasteiger partial charge is 0.354 e. The number of anilines is 1. The van der Waals surface area contributed by atoms with Crippen LogP contribution in [-0.2, 0) is 10.0 Å². The van der Waals surface area contributed by atoms with Crippen molar-refractivity contribution in [2.45, 2.75) is 4.90 Å². The summed E-state index contributed by atoms with van der Waals surface area (Å²) in [5.41, 5.74) is 0.0247. The molecule has 2 aromatic heterocycles. The minimum atomic E-state index is -3.76. The molecule has 2 rings (SSSR count). The normalized spacial score (nSPS) is 11.3. The fourth-order valence-electron chi connectivity index (χ4n) is 1.30. The quantitative estimate of drug-likeness (QED) is 0.759. The molecule has 0 amide bonds. The molecule has 0 saturated heterocycles. The first kappa shape index (κ1) is 15.4. The van der Waals surface area contributed by atoms with Crippen molar-refractivity contribution in [2.24, 2.45) is 0 Å². The van der Waals surface area contributed by atoms with Crippen molar-refractivity contribution >= 4 is 64.9 Å². The fraction of sp³-hybridized carbons (Fsp3) is 0. The van der Waals surface area contributed by atoms with Gasteiger partial charge < -0.3 is 5.11 Å². The molecule has 0 unspecified atom stereocenters. The second kappa shape index (κ2) is 5.80. The molecule has 10 heteroatoms. The number of aromatic nitrogens is 1. The molecule has 2 aromatic rings. The van der Waals surface area contributed by atoms with Crippen LogP contribution in [0.1, 0.15) is 10.5 Å². The van der Waals surface area contributed by atoms with E-state index in [-0.39, 0.29) is 16.3 Å². The van der Waals surface area contributed by atoms with Crippen LogP contribution in [0.2, 0.25) is 0 Å². The molecular weight excluding hydrogens is 436 g/mol. The van der Waals surface area contributed by atoms with Gasteiger partial charge >= 0.3 is 5.97 Å². The highest BCUT2D eigenvalue weighted by molar-refractivity contribution is 9.12. The van der Waals surface area contributed by atoms with Crippen LogP contribution in [0.3, 0.4) is 0 Å². The summed E-state index contributed by atoms with van der Waals surface area (Å²) >= 11 is 7.61. The Hall–Kier alpha value is -0.970. The van der Waals surface area contributed by atoms with Gasteiger partial charge in [-0.2, -0.15) is 0 Å². The zero-order chi connectivity index (χ0) is 14.9. The summed E-state index contributed by atoms with van der Waals surface area (Å²) in [7, 11) is -3.76. The highest BCUT2D eigenvalue weighted by Crippen LogP contribution is 2.35. The van der Waals surface area contributed by atoms with Gasteiger partial charge in [0.25, 0.3) is 10.0 Å². The maximum Gasteiger partial charge on any atom is 0.354 e. The Balaban J connectivity index is 2.28. The molecular formula is C10H6Br2N2O4S2. The van der Waals surface area contributed by atoms with Gasteiger partial charge in [-0.1, -0.05) is 0 Å². The lowest BCUT2D eigenvalue weighted by Crippen LogP contribution is -2.13. The number of carboxylic acid groups (broad SMARTS) is 1. The molecule has 106 valence electrons. The minimum absolute atomic E-state index is 0.0942. The van der Waals surface area contributed by atoms with Crippen LogP contribution < -0.4 is 4.72 Å². The molecule has 0 aromatic carbocycles. The lowest BCUT2D eigenvalue weighted by atomic mass is 10.3. The van der Waals surface area contributed by atoms with E-state index < -0.39 is 16.0 Å². The summed E-state index contributed by atoms with van der Waals surface area (Å²) in [4.78, 5) is 14.4. The van der Waals surface area contributed by atoms with Crippen molar-refractivity contribution in [3.8, 4) is 0 Å². The van der Waals surface area contributed by atoms with Gasteiger partial charge in [-0.3, -0.25) is 4.72 Å². The maximum absolute atomic E-state index is 12.2. The number of rotatable bonds is 4. The number of aromatic carboxylic acids is 1. The summed E-state index contributed by atoms with van der Waals surface area (Å²) in [5, 5.41) is 8.71. The molecule has 0 spiro atoms. The number of pyridine rings is 1. The zero-order valence-corrected chi connectivity index (χ0v) is 14.3. The van der Waals surface area contributed by atoms with Gasteiger partial charge in [-0.05, 0) is 50.1 Å². The summed E-state index contributed by atoms with van der Waals surface area (Å²) in [6.07, 6.45) is 1.15. The van der Waals surface area contributed by atoms with E-state index in [1.165, 1.54) is 29.5 Å². The highest BCUT2D eigenvalue weighted by Gasteiger charge is 2.20. The Bertz CT molecular complexity index is 756. The van der Waals surface area contributed by atoms with E-state index in [0.717, 1.165) is 6.20 Å². The van der Waals surface area contributed by atoms with Crippen molar-refractivity contribution in [1.82, 2.24) is 4.98 Å². The number of nitrogens with zero attached hydrogens (tertiary/aromatic N) is 1. The third kappa shape index (κ3) is 3.37. The molecule has 0 aliphatic carbocycles. The Morgan fingerprint density at radius 2 is 2.05 bits per heavy atom. The average molecular weight is 442 g/mol. The summed E-state index contributed by atoms with van der Waals surface area (Å²) in [6.45, 7) is 0. The van der Waals surface area contributed by atoms with Crippen molar-refractivity contribution in [3.63, 3.8) is 0 Å². The summed E-state index contributed by atoms with van der Waals surface area (Å²) < 4.78 is 27.8. The zero-order valence-electron chi connectivity index (χ0n) is 9.50. The van der Waals surface area contributed by atoms with Crippen LogP contribution in [-0.4, -0.2) is 24.5 Å². The number of carboxylic acids is 1. The summed E-state index contributed by atoms with van der Waals surface area (Å²) in [6, 6.07) is 4.03. The average Bonchev–Trinajstić information content (AvgIpc) is 2.69. The van der Waals surface area contributed by atoms with Crippen molar-refractivity contribution in [2.75, 3.05) is 4.72 Å². The van der Waals surface area contributed by atoms with E-state index in [9.17, 15) is 13.2 Å². The van der Waals surface area contributed by atoms with E-state index in [2.05, 4.69) is 41.6 Å². The number of halogens is 2. The van der Waals surface area contributed by atoms with Crippen LogP contribution in [0.15, 0.2) is 36.9 Å². The van der Waals surface area contributed by atoms with E-state index in [0.29, 0.717) is 7.57 Å². The maximum atomic E-state index is 12.2. The number of carbonyl (C=O) groups is 1. The fourth-order valence-corrected chi connectivity index (χ4v) is 6.16. The standard InChI is InChI=1S/C10H6Br2N2O4S2/c11-8-3-7(9(12)19-8)20(17,18)14-5-1-2-6(10(15)16)13-4-5/h1-4,14H,(H,15,16). The van der Waals surface area contributed by atoms with E-state index in [1.54, 1.807) is 0 Å². The van der Waals surface area contributed by atoms with E-state index in [4.69, 9.17) is 5.11 Å². The predicted octanol–water partition coefficient (Wildman–Crippen LogP) is 3.17. The van der Waals surface area contributed by atoms with Gasteiger partial charge in [0.2, 0.25) is 0 Å². The lowest BCUT2D eigenvalue weighted by molar-refractivity contribution is 0.0690. The Morgan fingerprint density at radius 3 is 2.50 bits per heavy atom. The van der Waals surface area contributed by atoms with Crippen molar-refractivity contribution < 1.29 is 18.3 Å². The third-order valence-electron chi connectivity index (χ3n) is 2.15. The number of nitrogens with one attached hydrogen (secondary N) is 1. The Morgan fingerprint density at radius 1 is 1.35 bits per heavy atom. The SMILES string of the molecule is O=C(O)c1ccc(NS(=O)(=O)c2cc(Br)sc2Br)cn1. The molecule has 0 atom stereocenters. The second-order valence-electron chi connectivity index (χ2n) is 3.53. The molecule has 0 fully saturated rings. The Labute approximate surface area is 135 Å². The molecule has 6 nitrogen and oxygen atoms in total. The number of sulfonamides is 1. The van der Waals surface area contributed by atoms with Crippen LogP contribution in [0.4, 0.5) is 5.69 Å². The van der Waals surface area contributed by atoms with E-state index in [1.807, 2.05) is 0 Å². The van der Waals surface area contributed by atoms with Crippen molar-refractivity contribution in [1.29, 1.82) is 0 Å². The number of hydrogen-bond donors (Lipinski definition) is 2. The van der Waals surface area contributed by atoms with Crippen LogP contribution >= 0.6 is 43.2 Å². The van der Waals surface area contributed by atoms with Gasteiger partial charge in [-0.15, -0.1) is 11.3 Å². The molecule has 0 aliphatic heterocycles. The third-order valence-corrected chi connectivity index (χ3v) is 6.29. The molecule has 2 N–H and O–H groups in total. The molecule has 0 radical (unpaired) electrons. The van der Waals surface area contributed by atoms with Gasteiger partial charge in [0.1, 0.15) is 10.6 Å². The van der Waals surface area contributed by atoms with Gasteiger partial charge in [-0.25, -0.2) is 18.2 Å². The Kier molecular flexibility index (Phi) is 4.47. The molecule has 2 heterocycles. The molecule has 0 saturated carbocycles. The number of hydrogen-bond acceptors (Lipinski definition) is 5.